The third-order valence-corrected chi connectivity index (χ3v) is 4.02. The molecular weight excluding hydrogens is 316 g/mol. The molecule has 1 aromatic heterocycles. The summed E-state index contributed by atoms with van der Waals surface area (Å²) in [6.07, 6.45) is 2.93. The van der Waals surface area contributed by atoms with Crippen LogP contribution in [-0.4, -0.2) is 44.7 Å². The summed E-state index contributed by atoms with van der Waals surface area (Å²) in [6, 6.07) is 9.72. The first kappa shape index (κ1) is 19.1. The normalized spacial score (nSPS) is 12.3. The Morgan fingerprint density at radius 2 is 1.84 bits per heavy atom. The van der Waals surface area contributed by atoms with Crippen molar-refractivity contribution in [2.24, 2.45) is 0 Å². The maximum absolute atomic E-state index is 9.15. The van der Waals surface area contributed by atoms with Crippen LogP contribution in [-0.2, 0) is 0 Å². The quantitative estimate of drug-likeness (QED) is 0.609. The average Bonchev–Trinajstić information content (AvgIpc) is 2.62. The fourth-order valence-corrected chi connectivity index (χ4v) is 2.60. The number of nitrogens with two attached hydrogens (primary N) is 1. The lowest BCUT2D eigenvalue weighted by Crippen LogP contribution is -2.31. The molecule has 1 unspecified atom stereocenters. The number of nitrogens with zero attached hydrogens (tertiary/aromatic N) is 4. The Hall–Kier alpha value is -2.25. The summed E-state index contributed by atoms with van der Waals surface area (Å²) >= 11 is 0. The lowest BCUT2D eigenvalue weighted by molar-refractivity contribution is 0.176. The number of aromatic nitrogens is 3. The number of benzene rings is 1. The van der Waals surface area contributed by atoms with Gasteiger partial charge >= 0.3 is 0 Å². The molecule has 1 aromatic carbocycles. The van der Waals surface area contributed by atoms with Crippen molar-refractivity contribution in [1.82, 2.24) is 19.9 Å². The monoisotopic (exact) mass is 344 g/mol. The zero-order valence-corrected chi connectivity index (χ0v) is 15.0. The van der Waals surface area contributed by atoms with Crippen LogP contribution < -0.4 is 11.1 Å². The molecule has 1 atom stereocenters. The fraction of sp³-hybridized carbons (Fsp3) is 0.500. The van der Waals surface area contributed by atoms with Gasteiger partial charge in [-0.2, -0.15) is 15.0 Å². The van der Waals surface area contributed by atoms with E-state index in [2.05, 4.69) is 39.0 Å². The van der Waals surface area contributed by atoms with Gasteiger partial charge in [-0.15, -0.1) is 0 Å². The van der Waals surface area contributed by atoms with Crippen LogP contribution in [0, 0.1) is 0 Å². The molecule has 0 bridgehead atoms. The zero-order chi connectivity index (χ0) is 18.1. The van der Waals surface area contributed by atoms with Gasteiger partial charge in [0.1, 0.15) is 0 Å². The highest BCUT2D eigenvalue weighted by atomic mass is 16.3. The van der Waals surface area contributed by atoms with Crippen LogP contribution in [0.1, 0.15) is 45.0 Å². The third kappa shape index (κ3) is 5.95. The van der Waals surface area contributed by atoms with Crippen LogP contribution in [0.4, 0.5) is 17.6 Å². The number of nitrogen functional groups attached to an aromatic ring is 1. The van der Waals surface area contributed by atoms with Gasteiger partial charge < -0.3 is 16.2 Å². The van der Waals surface area contributed by atoms with Gasteiger partial charge in [-0.3, -0.25) is 4.90 Å². The van der Waals surface area contributed by atoms with Crippen molar-refractivity contribution in [3.63, 3.8) is 0 Å². The minimum atomic E-state index is -0.000256. The summed E-state index contributed by atoms with van der Waals surface area (Å²) in [5.74, 6) is 1.28. The van der Waals surface area contributed by atoms with Crippen molar-refractivity contribution in [1.29, 1.82) is 0 Å². The molecule has 0 radical (unpaired) electrons. The summed E-state index contributed by atoms with van der Waals surface area (Å²) in [5.41, 5.74) is 6.79. The van der Waals surface area contributed by atoms with Gasteiger partial charge in [0, 0.05) is 18.8 Å². The van der Waals surface area contributed by atoms with Crippen molar-refractivity contribution in [2.45, 2.75) is 39.2 Å². The molecule has 25 heavy (non-hydrogen) atoms. The smallest absolute Gasteiger partial charge is 0.232 e. The van der Waals surface area contributed by atoms with Gasteiger partial charge in [-0.25, -0.2) is 0 Å². The molecule has 0 aliphatic rings. The number of para-hydroxylation sites is 1. The van der Waals surface area contributed by atoms with E-state index in [-0.39, 0.29) is 18.6 Å². The molecule has 7 heteroatoms. The van der Waals surface area contributed by atoms with Gasteiger partial charge in [0.25, 0.3) is 0 Å². The first-order valence-electron chi connectivity index (χ1n) is 8.82. The lowest BCUT2D eigenvalue weighted by Gasteiger charge is -2.28. The molecule has 0 saturated carbocycles. The maximum atomic E-state index is 9.15. The number of unbranched alkanes of at least 4 members (excludes halogenated alkanes) is 1. The predicted octanol–water partition coefficient (Wildman–Crippen LogP) is 2.74. The summed E-state index contributed by atoms with van der Waals surface area (Å²) in [7, 11) is 0. The summed E-state index contributed by atoms with van der Waals surface area (Å²) in [4.78, 5) is 15.3. The van der Waals surface area contributed by atoms with Gasteiger partial charge in [0.15, 0.2) is 5.82 Å². The molecule has 4 N–H and O–H groups in total. The van der Waals surface area contributed by atoms with Crippen molar-refractivity contribution in [2.75, 3.05) is 30.7 Å². The number of nitrogens with one attached hydrogen (secondary N) is 1. The Morgan fingerprint density at radius 3 is 2.52 bits per heavy atom. The highest BCUT2D eigenvalue weighted by Crippen LogP contribution is 2.20. The topological polar surface area (TPSA) is 100 Å². The largest absolute Gasteiger partial charge is 0.396 e. The number of aliphatic hydroxyl groups excluding tert-OH is 1. The molecule has 0 amide bonds. The standard InChI is InChI=1S/C18H28N6O/c1-3-4-11-24(12-8-13-25)14(2)16-21-17(19)23-18(22-16)20-15-9-6-5-7-10-15/h5-7,9-10,14,25H,3-4,8,11-13H2,1-2H3,(H3,19,20,21,22,23). The number of rotatable bonds is 10. The van der Waals surface area contributed by atoms with E-state index in [1.807, 2.05) is 30.3 Å². The molecule has 2 aromatic rings. The highest BCUT2D eigenvalue weighted by molar-refractivity contribution is 5.53. The zero-order valence-electron chi connectivity index (χ0n) is 15.0. The van der Waals surface area contributed by atoms with Gasteiger partial charge in [0.2, 0.25) is 11.9 Å². The molecule has 136 valence electrons. The predicted molar refractivity (Wildman–Crippen MR) is 101 cm³/mol. The fourth-order valence-electron chi connectivity index (χ4n) is 2.60. The second kappa shape index (κ2) is 9.90. The van der Waals surface area contributed by atoms with E-state index in [1.165, 1.54) is 0 Å². The van der Waals surface area contributed by atoms with Crippen LogP contribution in [0.15, 0.2) is 30.3 Å². The van der Waals surface area contributed by atoms with Crippen LogP contribution in [0.2, 0.25) is 0 Å². The molecule has 0 aliphatic carbocycles. The van der Waals surface area contributed by atoms with E-state index in [4.69, 9.17) is 10.8 Å². The van der Waals surface area contributed by atoms with Crippen LogP contribution in [0.3, 0.4) is 0 Å². The summed E-state index contributed by atoms with van der Waals surface area (Å²) < 4.78 is 0. The summed E-state index contributed by atoms with van der Waals surface area (Å²) in [6.45, 7) is 6.14. The molecule has 0 spiro atoms. The van der Waals surface area contributed by atoms with E-state index >= 15 is 0 Å². The third-order valence-electron chi connectivity index (χ3n) is 4.02. The van der Waals surface area contributed by atoms with Crippen LogP contribution in [0.25, 0.3) is 0 Å². The Balaban J connectivity index is 2.17. The minimum Gasteiger partial charge on any atom is -0.396 e. The second-order valence-electron chi connectivity index (χ2n) is 6.01. The van der Waals surface area contributed by atoms with E-state index in [1.54, 1.807) is 0 Å². The van der Waals surface area contributed by atoms with Gasteiger partial charge in [-0.1, -0.05) is 31.5 Å². The van der Waals surface area contributed by atoms with Crippen molar-refractivity contribution in [3.8, 4) is 0 Å². The van der Waals surface area contributed by atoms with Gasteiger partial charge in [0.05, 0.1) is 6.04 Å². The molecule has 1 heterocycles. The molecule has 7 nitrogen and oxygen atoms in total. The van der Waals surface area contributed by atoms with Crippen molar-refractivity contribution >= 4 is 17.6 Å². The molecule has 0 saturated heterocycles. The average molecular weight is 344 g/mol. The molecule has 0 aliphatic heterocycles. The van der Waals surface area contributed by atoms with E-state index in [0.717, 1.165) is 38.0 Å². The number of aliphatic hydroxyl groups is 1. The van der Waals surface area contributed by atoms with Crippen molar-refractivity contribution < 1.29 is 5.11 Å². The molecular formula is C18H28N6O. The second-order valence-corrected chi connectivity index (χ2v) is 6.01. The number of anilines is 3. The number of hydrogen-bond donors (Lipinski definition) is 3. The highest BCUT2D eigenvalue weighted by Gasteiger charge is 2.19. The lowest BCUT2D eigenvalue weighted by atomic mass is 10.2. The first-order valence-corrected chi connectivity index (χ1v) is 8.82. The summed E-state index contributed by atoms with van der Waals surface area (Å²) in [5, 5.41) is 12.3. The number of hydrogen-bond acceptors (Lipinski definition) is 7. The minimum absolute atomic E-state index is 0.000256. The van der Waals surface area contributed by atoms with Gasteiger partial charge in [-0.05, 0) is 38.4 Å². The van der Waals surface area contributed by atoms with Crippen molar-refractivity contribution in [3.05, 3.63) is 36.2 Å². The first-order chi connectivity index (χ1) is 12.1. The molecule has 2 rings (SSSR count). The van der Waals surface area contributed by atoms with Crippen LogP contribution >= 0.6 is 0 Å². The Labute approximate surface area is 149 Å². The van der Waals surface area contributed by atoms with E-state index in [9.17, 15) is 0 Å². The van der Waals surface area contributed by atoms with E-state index in [0.29, 0.717) is 11.8 Å². The maximum Gasteiger partial charge on any atom is 0.232 e. The Kier molecular flexibility index (Phi) is 7.56. The Morgan fingerprint density at radius 1 is 1.12 bits per heavy atom. The van der Waals surface area contributed by atoms with E-state index < -0.39 is 0 Å². The SMILES string of the molecule is CCCCN(CCCO)C(C)c1nc(N)nc(Nc2ccccc2)n1. The van der Waals surface area contributed by atoms with Crippen LogP contribution in [0.5, 0.6) is 0 Å². The Bertz CT molecular complexity index is 629. The molecule has 0 fully saturated rings.